The van der Waals surface area contributed by atoms with Gasteiger partial charge in [0, 0.05) is 11.6 Å². The Morgan fingerprint density at radius 3 is 2.92 bits per heavy atom. The highest BCUT2D eigenvalue weighted by atomic mass is 79.9. The maximum absolute atomic E-state index is 5.90. The molecule has 0 spiro atoms. The van der Waals surface area contributed by atoms with Gasteiger partial charge in [0.2, 0.25) is 0 Å². The monoisotopic (exact) mass is 241 g/mol. The Bertz CT molecular complexity index is 428. The predicted molar refractivity (Wildman–Crippen MR) is 54.5 cm³/mol. The molecule has 0 atom stereocenters. The molecule has 0 N–H and O–H groups in total. The van der Waals surface area contributed by atoms with Gasteiger partial charge in [0.15, 0.2) is 0 Å². The molecular weight excluding hydrogens is 237 g/mol. The quantitative estimate of drug-likeness (QED) is 0.687. The summed E-state index contributed by atoms with van der Waals surface area (Å²) in [5, 5.41) is 1.79. The van der Waals surface area contributed by atoms with Crippen LogP contribution in [0.5, 0.6) is 0 Å². The van der Waals surface area contributed by atoms with Gasteiger partial charge >= 0.3 is 0 Å². The summed E-state index contributed by atoms with van der Waals surface area (Å²) in [4.78, 5) is 4.21. The molecule has 0 amide bonds. The lowest BCUT2D eigenvalue weighted by Crippen LogP contribution is -1.79. The van der Waals surface area contributed by atoms with Crippen LogP contribution in [-0.4, -0.2) is 4.98 Å². The van der Waals surface area contributed by atoms with Crippen LogP contribution in [0.15, 0.2) is 34.9 Å². The van der Waals surface area contributed by atoms with Gasteiger partial charge in [-0.25, -0.2) is 0 Å². The third-order valence-electron chi connectivity index (χ3n) is 1.67. The van der Waals surface area contributed by atoms with Crippen LogP contribution in [0.2, 0.25) is 5.02 Å². The maximum Gasteiger partial charge on any atom is 0.0859 e. The molecule has 3 heteroatoms. The van der Waals surface area contributed by atoms with E-state index in [1.54, 1.807) is 6.20 Å². The standard InChI is InChI=1S/C9H5BrClN/c10-8-7(11)4-3-6-2-1-5-12-9(6)8/h1-5H. The molecule has 0 unspecified atom stereocenters. The molecule has 1 aromatic carbocycles. The molecule has 60 valence electrons. The first-order chi connectivity index (χ1) is 5.79. The van der Waals surface area contributed by atoms with E-state index in [2.05, 4.69) is 20.9 Å². The second-order valence-corrected chi connectivity index (χ2v) is 3.64. The minimum absolute atomic E-state index is 0.696. The van der Waals surface area contributed by atoms with Crippen molar-refractivity contribution in [2.24, 2.45) is 0 Å². The SMILES string of the molecule is Clc1ccc2cccnc2c1Br. The summed E-state index contributed by atoms with van der Waals surface area (Å²) in [7, 11) is 0. The number of aromatic nitrogens is 1. The van der Waals surface area contributed by atoms with Crippen molar-refractivity contribution >= 4 is 38.4 Å². The molecule has 1 aromatic heterocycles. The van der Waals surface area contributed by atoms with Gasteiger partial charge < -0.3 is 0 Å². The molecule has 0 saturated carbocycles. The van der Waals surface area contributed by atoms with Crippen molar-refractivity contribution < 1.29 is 0 Å². The number of halogens is 2. The largest absolute Gasteiger partial charge is 0.255 e. The molecule has 0 fully saturated rings. The first kappa shape index (κ1) is 8.02. The maximum atomic E-state index is 5.90. The van der Waals surface area contributed by atoms with E-state index in [1.807, 2.05) is 24.3 Å². The van der Waals surface area contributed by atoms with E-state index in [-0.39, 0.29) is 0 Å². The predicted octanol–water partition coefficient (Wildman–Crippen LogP) is 3.65. The highest BCUT2D eigenvalue weighted by molar-refractivity contribution is 9.10. The van der Waals surface area contributed by atoms with Gasteiger partial charge in [-0.1, -0.05) is 23.7 Å². The zero-order chi connectivity index (χ0) is 8.55. The van der Waals surface area contributed by atoms with Crippen molar-refractivity contribution in [3.05, 3.63) is 40.0 Å². The van der Waals surface area contributed by atoms with Gasteiger partial charge in [-0.2, -0.15) is 0 Å². The molecule has 0 aliphatic rings. The zero-order valence-corrected chi connectivity index (χ0v) is 8.43. The van der Waals surface area contributed by atoms with Crippen LogP contribution < -0.4 is 0 Å². The number of fused-ring (bicyclic) bond motifs is 1. The lowest BCUT2D eigenvalue weighted by molar-refractivity contribution is 1.40. The van der Waals surface area contributed by atoms with Crippen LogP contribution in [0.4, 0.5) is 0 Å². The Morgan fingerprint density at radius 1 is 1.25 bits per heavy atom. The second-order valence-electron chi connectivity index (χ2n) is 2.44. The molecule has 2 aromatic rings. The van der Waals surface area contributed by atoms with Gasteiger partial charge in [-0.3, -0.25) is 4.98 Å². The average molecular weight is 243 g/mol. The van der Waals surface area contributed by atoms with Crippen LogP contribution in [0.25, 0.3) is 10.9 Å². The molecule has 1 heterocycles. The van der Waals surface area contributed by atoms with Gasteiger partial charge in [-0.15, -0.1) is 0 Å². The fraction of sp³-hybridized carbons (Fsp3) is 0. The van der Waals surface area contributed by atoms with Crippen molar-refractivity contribution in [1.82, 2.24) is 4.98 Å². The first-order valence-corrected chi connectivity index (χ1v) is 4.65. The zero-order valence-electron chi connectivity index (χ0n) is 6.09. The third-order valence-corrected chi connectivity index (χ3v) is 3.01. The molecule has 0 saturated heterocycles. The minimum atomic E-state index is 0.696. The van der Waals surface area contributed by atoms with Gasteiger partial charge in [0.25, 0.3) is 0 Å². The number of pyridine rings is 1. The lowest BCUT2D eigenvalue weighted by atomic mass is 10.2. The Morgan fingerprint density at radius 2 is 2.08 bits per heavy atom. The highest BCUT2D eigenvalue weighted by Gasteiger charge is 2.02. The van der Waals surface area contributed by atoms with E-state index in [1.165, 1.54) is 0 Å². The fourth-order valence-corrected chi connectivity index (χ4v) is 1.70. The smallest absolute Gasteiger partial charge is 0.0859 e. The van der Waals surface area contributed by atoms with E-state index < -0.39 is 0 Å². The Balaban J connectivity index is 2.91. The summed E-state index contributed by atoms with van der Waals surface area (Å²) in [6, 6.07) is 7.72. The molecule has 0 aliphatic heterocycles. The summed E-state index contributed by atoms with van der Waals surface area (Å²) < 4.78 is 0.863. The van der Waals surface area contributed by atoms with Crippen LogP contribution in [0.3, 0.4) is 0 Å². The van der Waals surface area contributed by atoms with E-state index in [0.717, 1.165) is 15.4 Å². The highest BCUT2D eigenvalue weighted by Crippen LogP contribution is 2.29. The van der Waals surface area contributed by atoms with Crippen molar-refractivity contribution in [2.45, 2.75) is 0 Å². The summed E-state index contributed by atoms with van der Waals surface area (Å²) in [5.41, 5.74) is 0.907. The van der Waals surface area contributed by atoms with Crippen LogP contribution >= 0.6 is 27.5 Å². The number of nitrogens with zero attached hydrogens (tertiary/aromatic N) is 1. The number of hydrogen-bond acceptors (Lipinski definition) is 1. The lowest BCUT2D eigenvalue weighted by Gasteiger charge is -1.99. The summed E-state index contributed by atoms with van der Waals surface area (Å²) >= 11 is 9.29. The number of rotatable bonds is 0. The summed E-state index contributed by atoms with van der Waals surface area (Å²) in [6.45, 7) is 0. The topological polar surface area (TPSA) is 12.9 Å². The molecule has 0 bridgehead atoms. The Hall–Kier alpha value is -0.600. The van der Waals surface area contributed by atoms with E-state index in [4.69, 9.17) is 11.6 Å². The van der Waals surface area contributed by atoms with Crippen molar-refractivity contribution in [3.8, 4) is 0 Å². The molecule has 12 heavy (non-hydrogen) atoms. The molecular formula is C9H5BrClN. The van der Waals surface area contributed by atoms with Gasteiger partial charge in [0.1, 0.15) is 0 Å². The molecule has 1 nitrogen and oxygen atoms in total. The minimum Gasteiger partial charge on any atom is -0.255 e. The van der Waals surface area contributed by atoms with Gasteiger partial charge in [-0.05, 0) is 28.1 Å². The summed E-state index contributed by atoms with van der Waals surface area (Å²) in [6.07, 6.45) is 1.75. The molecule has 2 rings (SSSR count). The van der Waals surface area contributed by atoms with Crippen molar-refractivity contribution in [3.63, 3.8) is 0 Å². The second kappa shape index (κ2) is 3.04. The first-order valence-electron chi connectivity index (χ1n) is 3.48. The third kappa shape index (κ3) is 1.21. The Labute approximate surface area is 83.5 Å². The van der Waals surface area contributed by atoms with Crippen LogP contribution in [0.1, 0.15) is 0 Å². The van der Waals surface area contributed by atoms with Crippen LogP contribution in [-0.2, 0) is 0 Å². The number of hydrogen-bond donors (Lipinski definition) is 0. The average Bonchev–Trinajstić information content (AvgIpc) is 2.12. The van der Waals surface area contributed by atoms with E-state index in [0.29, 0.717) is 5.02 Å². The van der Waals surface area contributed by atoms with Crippen molar-refractivity contribution in [2.75, 3.05) is 0 Å². The van der Waals surface area contributed by atoms with E-state index in [9.17, 15) is 0 Å². The molecule has 0 aliphatic carbocycles. The normalized spacial score (nSPS) is 10.5. The van der Waals surface area contributed by atoms with E-state index >= 15 is 0 Å². The van der Waals surface area contributed by atoms with Crippen molar-refractivity contribution in [1.29, 1.82) is 0 Å². The molecule has 0 radical (unpaired) electrons. The Kier molecular flexibility index (Phi) is 2.03. The fourth-order valence-electron chi connectivity index (χ4n) is 1.08. The van der Waals surface area contributed by atoms with Crippen LogP contribution in [0, 0.1) is 0 Å². The number of benzene rings is 1. The van der Waals surface area contributed by atoms with Gasteiger partial charge in [0.05, 0.1) is 15.0 Å². The summed E-state index contributed by atoms with van der Waals surface area (Å²) in [5.74, 6) is 0.